The molecule has 0 atom stereocenters. The van der Waals surface area contributed by atoms with Crippen molar-refractivity contribution in [3.05, 3.63) is 28.7 Å². The number of hydrogen-bond donors (Lipinski definition) is 2. The number of thioether (sulfide) groups is 1. The average Bonchev–Trinajstić information content (AvgIpc) is 3.26. The minimum absolute atomic E-state index is 0.0727. The highest BCUT2D eigenvalue weighted by Crippen LogP contribution is 2.36. The number of benzene rings is 1. The molecule has 1 fully saturated rings. The third-order valence-corrected chi connectivity index (χ3v) is 5.45. The number of fused-ring (bicyclic) bond motifs is 1. The van der Waals surface area contributed by atoms with E-state index in [1.165, 1.54) is 0 Å². The Hall–Kier alpha value is -3.01. The van der Waals surface area contributed by atoms with E-state index in [9.17, 15) is 19.2 Å². The molecule has 4 amide bonds. The molecule has 0 aromatic heterocycles. The van der Waals surface area contributed by atoms with Gasteiger partial charge < -0.3 is 20.1 Å². The second-order valence-corrected chi connectivity index (χ2v) is 9.05. The van der Waals surface area contributed by atoms with Gasteiger partial charge >= 0.3 is 0 Å². The van der Waals surface area contributed by atoms with E-state index in [0.717, 1.165) is 22.2 Å². The Morgan fingerprint density at radius 2 is 1.87 bits per heavy atom. The quantitative estimate of drug-likeness (QED) is 0.616. The summed E-state index contributed by atoms with van der Waals surface area (Å²) in [6.07, 6.45) is 1.75. The monoisotopic (exact) mass is 447 g/mol. The number of hydrogen-bond acceptors (Lipinski definition) is 7. The van der Waals surface area contributed by atoms with Crippen LogP contribution in [0.3, 0.4) is 0 Å². The lowest BCUT2D eigenvalue weighted by molar-refractivity contribution is -0.128. The number of carbonyl (C=O) groups excluding carboxylic acids is 4. The van der Waals surface area contributed by atoms with Crippen LogP contribution in [-0.2, 0) is 14.4 Å². The highest BCUT2D eigenvalue weighted by atomic mass is 32.2. The van der Waals surface area contributed by atoms with Crippen molar-refractivity contribution >= 4 is 40.8 Å². The zero-order chi connectivity index (χ0) is 22.6. The van der Waals surface area contributed by atoms with Crippen LogP contribution >= 0.6 is 11.8 Å². The summed E-state index contributed by atoms with van der Waals surface area (Å²) in [6.45, 7) is 5.97. The van der Waals surface area contributed by atoms with E-state index < -0.39 is 11.3 Å². The van der Waals surface area contributed by atoms with Gasteiger partial charge in [-0.25, -0.2) is 0 Å². The maximum atomic E-state index is 12.6. The molecule has 1 saturated heterocycles. The number of ether oxygens (including phenoxy) is 2. The fourth-order valence-corrected chi connectivity index (χ4v) is 3.66. The fourth-order valence-electron chi connectivity index (χ4n) is 2.80. The van der Waals surface area contributed by atoms with Gasteiger partial charge in [0.25, 0.3) is 11.1 Å². The van der Waals surface area contributed by atoms with E-state index in [2.05, 4.69) is 10.6 Å². The van der Waals surface area contributed by atoms with Crippen LogP contribution in [0.4, 0.5) is 4.79 Å². The van der Waals surface area contributed by atoms with Crippen LogP contribution in [0.1, 0.15) is 32.8 Å². The van der Waals surface area contributed by atoms with E-state index in [1.54, 1.807) is 45.0 Å². The first kappa shape index (κ1) is 22.7. The number of imide groups is 1. The lowest BCUT2D eigenvalue weighted by atomic mass is 9.96. The van der Waals surface area contributed by atoms with Crippen molar-refractivity contribution in [3.8, 4) is 11.5 Å². The minimum atomic E-state index is -0.517. The van der Waals surface area contributed by atoms with Crippen molar-refractivity contribution in [1.29, 1.82) is 0 Å². The van der Waals surface area contributed by atoms with E-state index in [-0.39, 0.29) is 49.9 Å². The molecule has 1 aromatic rings. The van der Waals surface area contributed by atoms with Gasteiger partial charge in [0.1, 0.15) is 0 Å². The van der Waals surface area contributed by atoms with Crippen molar-refractivity contribution < 1.29 is 28.7 Å². The van der Waals surface area contributed by atoms with E-state index in [4.69, 9.17) is 9.47 Å². The molecule has 0 saturated carbocycles. The van der Waals surface area contributed by atoms with Crippen LogP contribution in [0.5, 0.6) is 11.5 Å². The average molecular weight is 448 g/mol. The molecule has 0 spiro atoms. The Bertz CT molecular complexity index is 938. The van der Waals surface area contributed by atoms with Gasteiger partial charge in [0.15, 0.2) is 11.5 Å². The first-order valence-corrected chi connectivity index (χ1v) is 10.7. The van der Waals surface area contributed by atoms with Crippen molar-refractivity contribution in [2.45, 2.75) is 27.2 Å². The van der Waals surface area contributed by atoms with Crippen LogP contribution in [0, 0.1) is 5.41 Å². The zero-order valence-electron chi connectivity index (χ0n) is 17.6. The van der Waals surface area contributed by atoms with Crippen LogP contribution in [-0.4, -0.2) is 54.3 Å². The number of nitrogens with one attached hydrogen (secondary N) is 2. The van der Waals surface area contributed by atoms with Gasteiger partial charge in [-0.2, -0.15) is 0 Å². The topological polar surface area (TPSA) is 114 Å². The molecule has 2 aliphatic heterocycles. The summed E-state index contributed by atoms with van der Waals surface area (Å²) < 4.78 is 10.6. The molecule has 9 nitrogen and oxygen atoms in total. The Balaban J connectivity index is 1.46. The molecule has 166 valence electrons. The normalized spacial score (nSPS) is 16.7. The standard InChI is InChI=1S/C21H25N3O6S/c1-21(2,3)19(27)23-7-6-17(25)22-8-9-24-18(26)16(31-20(24)28)11-13-4-5-14-15(10-13)30-12-29-14/h4-5,10-11H,6-9,12H2,1-3H3,(H,22,25)(H,23,27)/b16-11+. The summed E-state index contributed by atoms with van der Waals surface area (Å²) in [5.74, 6) is 0.428. The molecular weight excluding hydrogens is 422 g/mol. The van der Waals surface area contributed by atoms with Crippen LogP contribution in [0.15, 0.2) is 23.1 Å². The molecule has 3 rings (SSSR count). The third kappa shape index (κ3) is 5.78. The number of carbonyl (C=O) groups is 4. The Labute approximate surface area is 184 Å². The first-order chi connectivity index (χ1) is 14.6. The zero-order valence-corrected chi connectivity index (χ0v) is 18.5. The summed E-state index contributed by atoms with van der Waals surface area (Å²) in [6, 6.07) is 5.27. The molecule has 0 bridgehead atoms. The van der Waals surface area contributed by atoms with Crippen molar-refractivity contribution in [3.63, 3.8) is 0 Å². The molecular formula is C21H25N3O6S. The smallest absolute Gasteiger partial charge is 0.293 e. The molecule has 0 radical (unpaired) electrons. The van der Waals surface area contributed by atoms with Gasteiger partial charge in [-0.15, -0.1) is 0 Å². The molecule has 2 N–H and O–H groups in total. The van der Waals surface area contributed by atoms with E-state index in [0.29, 0.717) is 16.4 Å². The van der Waals surface area contributed by atoms with Crippen molar-refractivity contribution in [1.82, 2.24) is 15.5 Å². The van der Waals surface area contributed by atoms with E-state index in [1.807, 2.05) is 0 Å². The molecule has 0 unspecified atom stereocenters. The number of rotatable bonds is 7. The first-order valence-electron chi connectivity index (χ1n) is 9.85. The minimum Gasteiger partial charge on any atom is -0.454 e. The predicted octanol–water partition coefficient (Wildman–Crippen LogP) is 2.12. The Morgan fingerprint density at radius 1 is 1.13 bits per heavy atom. The summed E-state index contributed by atoms with van der Waals surface area (Å²) >= 11 is 0.854. The van der Waals surface area contributed by atoms with Crippen LogP contribution in [0.2, 0.25) is 0 Å². The summed E-state index contributed by atoms with van der Waals surface area (Å²) in [7, 11) is 0. The molecule has 1 aromatic carbocycles. The molecule has 10 heteroatoms. The predicted molar refractivity (Wildman–Crippen MR) is 115 cm³/mol. The largest absolute Gasteiger partial charge is 0.454 e. The Morgan fingerprint density at radius 3 is 2.61 bits per heavy atom. The SMILES string of the molecule is CC(C)(C)C(=O)NCCC(=O)NCCN1C(=O)S/C(=C/c2ccc3c(c2)OCO3)C1=O. The van der Waals surface area contributed by atoms with Crippen molar-refractivity contribution in [2.75, 3.05) is 26.4 Å². The highest BCUT2D eigenvalue weighted by Gasteiger charge is 2.34. The van der Waals surface area contributed by atoms with Gasteiger partial charge in [0, 0.05) is 31.5 Å². The van der Waals surface area contributed by atoms with Gasteiger partial charge in [-0.05, 0) is 35.5 Å². The molecule has 0 aliphatic carbocycles. The van der Waals surface area contributed by atoms with Crippen LogP contribution < -0.4 is 20.1 Å². The Kier molecular flexibility index (Phi) is 6.89. The second kappa shape index (κ2) is 9.42. The summed E-state index contributed by atoms with van der Waals surface area (Å²) in [5.41, 5.74) is 0.205. The van der Waals surface area contributed by atoms with Gasteiger partial charge in [0.05, 0.1) is 4.91 Å². The summed E-state index contributed by atoms with van der Waals surface area (Å²) in [5, 5.41) is 4.97. The molecule has 2 aliphatic rings. The highest BCUT2D eigenvalue weighted by molar-refractivity contribution is 8.18. The number of amides is 4. The second-order valence-electron chi connectivity index (χ2n) is 8.05. The van der Waals surface area contributed by atoms with Crippen molar-refractivity contribution in [2.24, 2.45) is 5.41 Å². The fraction of sp³-hybridized carbons (Fsp3) is 0.429. The lowest BCUT2D eigenvalue weighted by Gasteiger charge is -2.17. The molecule has 31 heavy (non-hydrogen) atoms. The maximum Gasteiger partial charge on any atom is 0.293 e. The lowest BCUT2D eigenvalue weighted by Crippen LogP contribution is -2.39. The van der Waals surface area contributed by atoms with Crippen LogP contribution in [0.25, 0.3) is 6.08 Å². The molecule has 2 heterocycles. The number of nitrogens with zero attached hydrogens (tertiary/aromatic N) is 1. The van der Waals surface area contributed by atoms with Gasteiger partial charge in [-0.3, -0.25) is 24.1 Å². The maximum absolute atomic E-state index is 12.6. The third-order valence-electron chi connectivity index (χ3n) is 4.54. The summed E-state index contributed by atoms with van der Waals surface area (Å²) in [4.78, 5) is 49.9. The van der Waals surface area contributed by atoms with Gasteiger partial charge in [-0.1, -0.05) is 26.8 Å². The van der Waals surface area contributed by atoms with E-state index >= 15 is 0 Å². The van der Waals surface area contributed by atoms with Gasteiger partial charge in [0.2, 0.25) is 18.6 Å².